The van der Waals surface area contributed by atoms with Crippen molar-refractivity contribution >= 4 is 22.1 Å². The second kappa shape index (κ2) is 9.90. The summed E-state index contributed by atoms with van der Waals surface area (Å²) in [5.74, 6) is 0.730. The van der Waals surface area contributed by atoms with Crippen molar-refractivity contribution in [1.82, 2.24) is 50.0 Å². The topological polar surface area (TPSA) is 128 Å². The maximum absolute atomic E-state index is 4.74. The molecule has 1 aliphatic rings. The van der Waals surface area contributed by atoms with Gasteiger partial charge in [0.2, 0.25) is 0 Å². The molecule has 186 valence electrons. The van der Waals surface area contributed by atoms with Gasteiger partial charge in [-0.3, -0.25) is 20.0 Å². The molecule has 6 aromatic heterocycles. The van der Waals surface area contributed by atoms with Gasteiger partial charge in [0.05, 0.1) is 22.9 Å². The standard InChI is InChI=1S/C23H22N8.C4H6N2/c1-14-20-19(4-5-25-14)27-23(28-20)21-18-9-17(12-26-22(18)30-29-21)16-8-15(10-24-11-16)13-31-6-2-3-7-31;1-4-2-5-3-6-4/h4-5,8-12H,2-3,6-7,13H2,1H3,(H,27,28)(H,26,29,30);2-3H,1H3,(H,5,6). The van der Waals surface area contributed by atoms with Gasteiger partial charge in [-0.15, -0.1) is 0 Å². The van der Waals surface area contributed by atoms with Gasteiger partial charge in [0.15, 0.2) is 11.5 Å². The van der Waals surface area contributed by atoms with E-state index in [-0.39, 0.29) is 0 Å². The Morgan fingerprint density at radius 3 is 2.57 bits per heavy atom. The molecule has 10 heteroatoms. The van der Waals surface area contributed by atoms with Crippen LogP contribution in [0.25, 0.3) is 44.7 Å². The highest BCUT2D eigenvalue weighted by molar-refractivity contribution is 5.93. The zero-order chi connectivity index (χ0) is 25.2. The number of fused-ring (bicyclic) bond motifs is 2. The van der Waals surface area contributed by atoms with Crippen molar-refractivity contribution in [2.24, 2.45) is 0 Å². The number of aromatic nitrogens is 9. The number of aromatic amines is 3. The van der Waals surface area contributed by atoms with E-state index in [0.717, 1.165) is 57.0 Å². The molecule has 1 saturated heterocycles. The number of likely N-dealkylation sites (tertiary alicyclic amines) is 1. The van der Waals surface area contributed by atoms with Gasteiger partial charge in [0, 0.05) is 54.3 Å². The van der Waals surface area contributed by atoms with Crippen LogP contribution in [0.5, 0.6) is 0 Å². The van der Waals surface area contributed by atoms with Crippen LogP contribution in [0.1, 0.15) is 29.8 Å². The summed E-state index contributed by atoms with van der Waals surface area (Å²) in [4.78, 5) is 30.6. The summed E-state index contributed by atoms with van der Waals surface area (Å²) >= 11 is 0. The van der Waals surface area contributed by atoms with E-state index in [1.807, 2.05) is 38.5 Å². The van der Waals surface area contributed by atoms with E-state index < -0.39 is 0 Å². The fraction of sp³-hybridized carbons (Fsp3) is 0.259. The Balaban J connectivity index is 0.000000372. The van der Waals surface area contributed by atoms with Crippen molar-refractivity contribution in [3.05, 3.63) is 72.5 Å². The fourth-order valence-electron chi connectivity index (χ4n) is 4.68. The van der Waals surface area contributed by atoms with Crippen molar-refractivity contribution in [3.8, 4) is 22.6 Å². The molecule has 7 rings (SSSR count). The van der Waals surface area contributed by atoms with E-state index >= 15 is 0 Å². The molecule has 1 aliphatic heterocycles. The van der Waals surface area contributed by atoms with Crippen molar-refractivity contribution in [2.45, 2.75) is 33.2 Å². The summed E-state index contributed by atoms with van der Waals surface area (Å²) in [5, 5.41) is 8.40. The first-order chi connectivity index (χ1) is 18.1. The Hall–Kier alpha value is -4.44. The highest BCUT2D eigenvalue weighted by Gasteiger charge is 2.16. The van der Waals surface area contributed by atoms with Crippen LogP contribution >= 0.6 is 0 Å². The molecule has 37 heavy (non-hydrogen) atoms. The Morgan fingerprint density at radius 2 is 1.81 bits per heavy atom. The predicted octanol–water partition coefficient (Wildman–Crippen LogP) is 4.58. The zero-order valence-electron chi connectivity index (χ0n) is 20.9. The number of pyridine rings is 3. The lowest BCUT2D eigenvalue weighted by Gasteiger charge is -2.14. The highest BCUT2D eigenvalue weighted by Crippen LogP contribution is 2.29. The molecular weight excluding hydrogens is 464 g/mol. The average Bonchev–Trinajstić information content (AvgIpc) is 3.72. The normalized spacial score (nSPS) is 13.8. The molecule has 1 fully saturated rings. The Morgan fingerprint density at radius 1 is 0.946 bits per heavy atom. The first-order valence-corrected chi connectivity index (χ1v) is 12.4. The average molecular weight is 493 g/mol. The minimum absolute atomic E-state index is 0.662. The summed E-state index contributed by atoms with van der Waals surface area (Å²) in [6.45, 7) is 7.21. The maximum Gasteiger partial charge on any atom is 0.181 e. The van der Waals surface area contributed by atoms with Gasteiger partial charge in [-0.05, 0) is 63.5 Å². The predicted molar refractivity (Wildman–Crippen MR) is 143 cm³/mol. The molecule has 3 N–H and O–H groups in total. The van der Waals surface area contributed by atoms with Crippen LogP contribution in [0.4, 0.5) is 0 Å². The van der Waals surface area contributed by atoms with Crippen LogP contribution in [-0.2, 0) is 6.54 Å². The molecule has 0 atom stereocenters. The zero-order valence-corrected chi connectivity index (χ0v) is 20.9. The first kappa shape index (κ1) is 23.0. The minimum Gasteiger partial charge on any atom is -0.349 e. The first-order valence-electron chi connectivity index (χ1n) is 12.4. The number of hydrogen-bond donors (Lipinski definition) is 3. The van der Waals surface area contributed by atoms with Crippen LogP contribution < -0.4 is 0 Å². The van der Waals surface area contributed by atoms with Gasteiger partial charge >= 0.3 is 0 Å². The van der Waals surface area contributed by atoms with E-state index in [1.54, 1.807) is 18.7 Å². The van der Waals surface area contributed by atoms with Crippen molar-refractivity contribution in [1.29, 1.82) is 0 Å². The Bertz CT molecular complexity index is 1640. The largest absolute Gasteiger partial charge is 0.349 e. The van der Waals surface area contributed by atoms with E-state index in [4.69, 9.17) is 4.98 Å². The second-order valence-electron chi connectivity index (χ2n) is 9.37. The van der Waals surface area contributed by atoms with Gasteiger partial charge < -0.3 is 9.97 Å². The Kier molecular flexibility index (Phi) is 6.15. The smallest absolute Gasteiger partial charge is 0.181 e. The number of hydrogen-bond acceptors (Lipinski definition) is 7. The highest BCUT2D eigenvalue weighted by atomic mass is 15.2. The molecule has 0 bridgehead atoms. The molecule has 0 unspecified atom stereocenters. The molecular formula is C27H28N10. The molecule has 0 saturated carbocycles. The van der Waals surface area contributed by atoms with Crippen LogP contribution in [-0.4, -0.2) is 63.1 Å². The van der Waals surface area contributed by atoms with Crippen LogP contribution in [0, 0.1) is 13.8 Å². The second-order valence-corrected chi connectivity index (χ2v) is 9.37. The number of nitrogens with one attached hydrogen (secondary N) is 3. The molecule has 6 aromatic rings. The third-order valence-electron chi connectivity index (χ3n) is 6.60. The van der Waals surface area contributed by atoms with Crippen LogP contribution in [0.15, 0.2) is 55.5 Å². The summed E-state index contributed by atoms with van der Waals surface area (Å²) in [6.07, 6.45) is 13.5. The summed E-state index contributed by atoms with van der Waals surface area (Å²) in [7, 11) is 0. The van der Waals surface area contributed by atoms with E-state index in [1.165, 1.54) is 31.5 Å². The van der Waals surface area contributed by atoms with Crippen molar-refractivity contribution in [2.75, 3.05) is 13.1 Å². The van der Waals surface area contributed by atoms with Crippen LogP contribution in [0.2, 0.25) is 0 Å². The lowest BCUT2D eigenvalue weighted by molar-refractivity contribution is 0.331. The number of rotatable bonds is 4. The van der Waals surface area contributed by atoms with E-state index in [2.05, 4.69) is 57.1 Å². The van der Waals surface area contributed by atoms with Gasteiger partial charge in [-0.25, -0.2) is 15.0 Å². The molecule has 10 nitrogen and oxygen atoms in total. The lowest BCUT2D eigenvalue weighted by Crippen LogP contribution is -2.18. The monoisotopic (exact) mass is 492 g/mol. The molecule has 0 aliphatic carbocycles. The number of H-pyrrole nitrogens is 3. The Labute approximate surface area is 213 Å². The summed E-state index contributed by atoms with van der Waals surface area (Å²) in [6, 6.07) is 6.25. The van der Waals surface area contributed by atoms with Crippen LogP contribution in [0.3, 0.4) is 0 Å². The third kappa shape index (κ3) is 4.83. The SMILES string of the molecule is Cc1cnc[nH]1.Cc1nccc2[nH]c(-c3[nH]nc4ncc(-c5cncc(CN6CCCC6)c5)cc34)nc12. The molecule has 0 aromatic carbocycles. The summed E-state index contributed by atoms with van der Waals surface area (Å²) in [5.41, 5.74) is 8.60. The quantitative estimate of drug-likeness (QED) is 0.329. The molecule has 0 spiro atoms. The summed E-state index contributed by atoms with van der Waals surface area (Å²) < 4.78 is 0. The maximum atomic E-state index is 4.74. The van der Waals surface area contributed by atoms with E-state index in [9.17, 15) is 0 Å². The van der Waals surface area contributed by atoms with Gasteiger partial charge in [-0.2, -0.15) is 5.10 Å². The van der Waals surface area contributed by atoms with Crippen molar-refractivity contribution < 1.29 is 0 Å². The fourth-order valence-corrected chi connectivity index (χ4v) is 4.68. The molecule has 0 radical (unpaired) electrons. The molecule has 0 amide bonds. The third-order valence-corrected chi connectivity index (χ3v) is 6.60. The van der Waals surface area contributed by atoms with E-state index in [0.29, 0.717) is 5.65 Å². The molecule has 7 heterocycles. The number of imidazole rings is 2. The lowest BCUT2D eigenvalue weighted by atomic mass is 10.1. The van der Waals surface area contributed by atoms with Crippen molar-refractivity contribution in [3.63, 3.8) is 0 Å². The number of nitrogens with zero attached hydrogens (tertiary/aromatic N) is 7. The van der Waals surface area contributed by atoms with Gasteiger partial charge in [0.1, 0.15) is 11.2 Å². The van der Waals surface area contributed by atoms with Gasteiger partial charge in [0.25, 0.3) is 0 Å². The minimum atomic E-state index is 0.662. The van der Waals surface area contributed by atoms with Gasteiger partial charge in [-0.1, -0.05) is 0 Å². The number of aryl methyl sites for hydroxylation is 2.